The Morgan fingerprint density at radius 3 is 2.41 bits per heavy atom. The largest absolute Gasteiger partial charge is 0.333 e. The number of amides is 3. The van der Waals surface area contributed by atoms with Gasteiger partial charge in [-0.2, -0.15) is 0 Å². The lowest BCUT2D eigenvalue weighted by Crippen LogP contribution is -2.46. The van der Waals surface area contributed by atoms with Crippen molar-refractivity contribution in [2.24, 2.45) is 0 Å². The summed E-state index contributed by atoms with van der Waals surface area (Å²) >= 11 is 0. The number of benzene rings is 1. The number of carbonyl (C=O) groups is 2. The number of hydrogen-bond acceptors (Lipinski definition) is 2. The topological polar surface area (TPSA) is 52.7 Å². The second-order valence-corrected chi connectivity index (χ2v) is 6.09. The summed E-state index contributed by atoms with van der Waals surface area (Å²) < 4.78 is 0. The molecule has 5 heteroatoms. The first kappa shape index (κ1) is 14.9. The second-order valence-electron chi connectivity index (χ2n) is 6.09. The van der Waals surface area contributed by atoms with Crippen LogP contribution in [0.25, 0.3) is 0 Å². The Balaban J connectivity index is 1.58. The molecule has 22 heavy (non-hydrogen) atoms. The molecular formula is C17H23N3O2. The SMILES string of the molecule is O=C(N[C@@H]1CC(=O)N(c2ccccc2)C1)N1CCCCCC1. The maximum atomic E-state index is 12.3. The molecule has 118 valence electrons. The van der Waals surface area contributed by atoms with Gasteiger partial charge in [0.1, 0.15) is 0 Å². The first-order valence-electron chi connectivity index (χ1n) is 8.15. The van der Waals surface area contributed by atoms with Crippen molar-refractivity contribution in [3.8, 4) is 0 Å². The van der Waals surface area contributed by atoms with E-state index in [0.29, 0.717) is 13.0 Å². The quantitative estimate of drug-likeness (QED) is 0.912. The molecule has 0 radical (unpaired) electrons. The molecule has 3 amide bonds. The van der Waals surface area contributed by atoms with Gasteiger partial charge in [-0.1, -0.05) is 31.0 Å². The van der Waals surface area contributed by atoms with E-state index in [1.165, 1.54) is 12.8 Å². The summed E-state index contributed by atoms with van der Waals surface area (Å²) in [5.41, 5.74) is 0.902. The summed E-state index contributed by atoms with van der Waals surface area (Å²) in [6, 6.07) is 9.52. The Morgan fingerprint density at radius 2 is 1.73 bits per heavy atom. The molecule has 0 aromatic heterocycles. The molecule has 0 unspecified atom stereocenters. The van der Waals surface area contributed by atoms with Crippen LogP contribution < -0.4 is 10.2 Å². The Labute approximate surface area is 131 Å². The van der Waals surface area contributed by atoms with Gasteiger partial charge in [0.15, 0.2) is 0 Å². The van der Waals surface area contributed by atoms with Crippen LogP contribution in [0.2, 0.25) is 0 Å². The van der Waals surface area contributed by atoms with E-state index in [-0.39, 0.29) is 18.0 Å². The van der Waals surface area contributed by atoms with E-state index in [2.05, 4.69) is 5.32 Å². The predicted molar refractivity (Wildman–Crippen MR) is 85.8 cm³/mol. The highest BCUT2D eigenvalue weighted by atomic mass is 16.2. The maximum Gasteiger partial charge on any atom is 0.317 e. The van der Waals surface area contributed by atoms with Crippen LogP contribution in [0.3, 0.4) is 0 Å². The van der Waals surface area contributed by atoms with E-state index in [4.69, 9.17) is 0 Å². The smallest absolute Gasteiger partial charge is 0.317 e. The van der Waals surface area contributed by atoms with E-state index >= 15 is 0 Å². The summed E-state index contributed by atoms with van der Waals surface area (Å²) in [6.45, 7) is 2.21. The second kappa shape index (κ2) is 6.81. The van der Waals surface area contributed by atoms with Gasteiger partial charge in [0.2, 0.25) is 5.91 Å². The van der Waals surface area contributed by atoms with Crippen LogP contribution in [0.1, 0.15) is 32.1 Å². The van der Waals surface area contributed by atoms with E-state index < -0.39 is 0 Å². The van der Waals surface area contributed by atoms with Gasteiger partial charge in [-0.25, -0.2) is 4.79 Å². The summed E-state index contributed by atoms with van der Waals surface area (Å²) in [5, 5.41) is 3.03. The number of urea groups is 1. The van der Waals surface area contributed by atoms with Crippen molar-refractivity contribution in [3.05, 3.63) is 30.3 Å². The molecule has 5 nitrogen and oxygen atoms in total. The lowest BCUT2D eigenvalue weighted by molar-refractivity contribution is -0.117. The molecule has 1 atom stereocenters. The fourth-order valence-electron chi connectivity index (χ4n) is 3.20. The Hall–Kier alpha value is -2.04. The van der Waals surface area contributed by atoms with Crippen molar-refractivity contribution in [1.29, 1.82) is 0 Å². The van der Waals surface area contributed by atoms with Crippen molar-refractivity contribution < 1.29 is 9.59 Å². The van der Waals surface area contributed by atoms with E-state index in [1.54, 1.807) is 4.90 Å². The standard InChI is InChI=1S/C17H23N3O2/c21-16-12-14(13-20(16)15-8-4-3-5-9-15)18-17(22)19-10-6-1-2-7-11-19/h3-5,8-9,14H,1-2,6-7,10-13H2,(H,18,22)/t14-/m1/s1. The van der Waals surface area contributed by atoms with Crippen LogP contribution in [-0.2, 0) is 4.79 Å². The van der Waals surface area contributed by atoms with E-state index in [9.17, 15) is 9.59 Å². The summed E-state index contributed by atoms with van der Waals surface area (Å²) in [7, 11) is 0. The summed E-state index contributed by atoms with van der Waals surface area (Å²) in [5.74, 6) is 0.0763. The normalized spacial score (nSPS) is 22.5. The highest BCUT2D eigenvalue weighted by molar-refractivity contribution is 5.96. The Kier molecular flexibility index (Phi) is 4.61. The Bertz CT molecular complexity index is 524. The first-order chi connectivity index (χ1) is 10.7. The van der Waals surface area contributed by atoms with E-state index in [0.717, 1.165) is 31.6 Å². The molecule has 2 fully saturated rings. The number of nitrogens with one attached hydrogen (secondary N) is 1. The van der Waals surface area contributed by atoms with Crippen LogP contribution in [-0.4, -0.2) is 42.5 Å². The highest BCUT2D eigenvalue weighted by Gasteiger charge is 2.32. The third-order valence-electron chi connectivity index (χ3n) is 4.41. The zero-order valence-corrected chi connectivity index (χ0v) is 12.8. The predicted octanol–water partition coefficient (Wildman–Crippen LogP) is 2.38. The Morgan fingerprint density at radius 1 is 1.05 bits per heavy atom. The molecule has 2 heterocycles. The average Bonchev–Trinajstić information content (AvgIpc) is 2.75. The highest BCUT2D eigenvalue weighted by Crippen LogP contribution is 2.21. The summed E-state index contributed by atoms with van der Waals surface area (Å²) in [6.07, 6.45) is 4.94. The number of nitrogens with zero attached hydrogens (tertiary/aromatic N) is 2. The van der Waals surface area contributed by atoms with Gasteiger partial charge >= 0.3 is 6.03 Å². The molecule has 2 aliphatic heterocycles. The first-order valence-corrected chi connectivity index (χ1v) is 8.15. The molecule has 0 aliphatic carbocycles. The van der Waals surface area contributed by atoms with Gasteiger partial charge in [-0.05, 0) is 25.0 Å². The number of anilines is 1. The minimum atomic E-state index is -0.0940. The lowest BCUT2D eigenvalue weighted by Gasteiger charge is -2.23. The molecule has 0 saturated carbocycles. The molecular weight excluding hydrogens is 278 g/mol. The van der Waals surface area contributed by atoms with Crippen LogP contribution in [0.15, 0.2) is 30.3 Å². The van der Waals surface area contributed by atoms with Gasteiger partial charge in [0.25, 0.3) is 0 Å². The zero-order valence-electron chi connectivity index (χ0n) is 12.8. The fourth-order valence-corrected chi connectivity index (χ4v) is 3.20. The molecule has 1 N–H and O–H groups in total. The molecule has 1 aromatic rings. The van der Waals surface area contributed by atoms with Crippen molar-refractivity contribution in [2.75, 3.05) is 24.5 Å². The van der Waals surface area contributed by atoms with Crippen molar-refractivity contribution in [3.63, 3.8) is 0 Å². The maximum absolute atomic E-state index is 12.3. The van der Waals surface area contributed by atoms with Gasteiger partial charge in [0, 0.05) is 31.7 Å². The molecule has 1 aromatic carbocycles. The number of para-hydroxylation sites is 1. The fraction of sp³-hybridized carbons (Fsp3) is 0.529. The van der Waals surface area contributed by atoms with Crippen molar-refractivity contribution in [1.82, 2.24) is 10.2 Å². The minimum absolute atomic E-state index is 0.0189. The molecule has 0 bridgehead atoms. The number of likely N-dealkylation sites (tertiary alicyclic amines) is 1. The van der Waals surface area contributed by atoms with Gasteiger partial charge in [-0.15, -0.1) is 0 Å². The molecule has 2 saturated heterocycles. The monoisotopic (exact) mass is 301 g/mol. The molecule has 3 rings (SSSR count). The number of hydrogen-bond donors (Lipinski definition) is 1. The summed E-state index contributed by atoms with van der Waals surface area (Å²) in [4.78, 5) is 28.1. The van der Waals surface area contributed by atoms with Gasteiger partial charge in [-0.3, -0.25) is 4.79 Å². The number of rotatable bonds is 2. The van der Waals surface area contributed by atoms with Crippen LogP contribution in [0, 0.1) is 0 Å². The number of carbonyl (C=O) groups excluding carboxylic acids is 2. The van der Waals surface area contributed by atoms with Crippen molar-refractivity contribution >= 4 is 17.6 Å². The molecule has 0 spiro atoms. The van der Waals surface area contributed by atoms with Crippen LogP contribution in [0.4, 0.5) is 10.5 Å². The van der Waals surface area contributed by atoms with Crippen LogP contribution in [0.5, 0.6) is 0 Å². The van der Waals surface area contributed by atoms with Gasteiger partial charge in [0.05, 0.1) is 6.04 Å². The minimum Gasteiger partial charge on any atom is -0.333 e. The molecule has 2 aliphatic rings. The zero-order chi connectivity index (χ0) is 15.4. The van der Waals surface area contributed by atoms with Crippen LogP contribution >= 0.6 is 0 Å². The average molecular weight is 301 g/mol. The van der Waals surface area contributed by atoms with Gasteiger partial charge < -0.3 is 15.1 Å². The van der Waals surface area contributed by atoms with Crippen molar-refractivity contribution in [2.45, 2.75) is 38.1 Å². The third-order valence-corrected chi connectivity index (χ3v) is 4.41. The third kappa shape index (κ3) is 3.40. The lowest BCUT2D eigenvalue weighted by atomic mass is 10.2. The van der Waals surface area contributed by atoms with E-state index in [1.807, 2.05) is 35.2 Å².